The first-order valence-electron chi connectivity index (χ1n) is 8.93. The lowest BCUT2D eigenvalue weighted by Gasteiger charge is -2.15. The number of benzene rings is 2. The number of rotatable bonds is 4. The Hall–Kier alpha value is -2.87. The van der Waals surface area contributed by atoms with Gasteiger partial charge in [-0.1, -0.05) is 47.7 Å². The first kappa shape index (κ1) is 20.4. The van der Waals surface area contributed by atoms with E-state index in [2.05, 4.69) is 5.32 Å². The number of anilines is 2. The van der Waals surface area contributed by atoms with Crippen molar-refractivity contribution in [1.29, 1.82) is 0 Å². The summed E-state index contributed by atoms with van der Waals surface area (Å²) in [5.41, 5.74) is 2.06. The van der Waals surface area contributed by atoms with E-state index >= 15 is 0 Å². The molecular weight excluding hydrogens is 440 g/mol. The Labute approximate surface area is 187 Å². The van der Waals surface area contributed by atoms with Crippen molar-refractivity contribution in [2.24, 2.45) is 0 Å². The fraction of sp³-hybridized carbons (Fsp3) is 0.0455. The lowest BCUT2D eigenvalue weighted by Crippen LogP contribution is -2.27. The molecule has 2 aromatic carbocycles. The van der Waals surface area contributed by atoms with Gasteiger partial charge in [-0.15, -0.1) is 0 Å². The van der Waals surface area contributed by atoms with Crippen molar-refractivity contribution in [3.63, 3.8) is 0 Å². The van der Waals surface area contributed by atoms with Crippen molar-refractivity contribution < 1.29 is 14.0 Å². The number of thioether (sulfide) groups is 1. The Morgan fingerprint density at radius 2 is 1.87 bits per heavy atom. The molecule has 30 heavy (non-hydrogen) atoms. The minimum absolute atomic E-state index is 0.161. The molecule has 0 saturated carbocycles. The van der Waals surface area contributed by atoms with Gasteiger partial charge in [-0.05, 0) is 48.5 Å². The highest BCUT2D eigenvalue weighted by molar-refractivity contribution is 8.27. The number of furan rings is 1. The van der Waals surface area contributed by atoms with E-state index in [1.54, 1.807) is 42.5 Å². The van der Waals surface area contributed by atoms with E-state index in [1.165, 1.54) is 23.6 Å². The zero-order valence-corrected chi connectivity index (χ0v) is 18.1. The van der Waals surface area contributed by atoms with Crippen molar-refractivity contribution >= 4 is 69.2 Å². The van der Waals surface area contributed by atoms with Gasteiger partial charge in [-0.3, -0.25) is 14.5 Å². The maximum Gasteiger partial charge on any atom is 0.270 e. The molecule has 1 aromatic heterocycles. The van der Waals surface area contributed by atoms with Gasteiger partial charge in [-0.25, -0.2) is 0 Å². The SMILES string of the molecule is CC(=O)Nc1ccc(N2C(=O)/C(=C\c3ccc(-c4ccccc4Cl)o3)SC2=S)cc1. The van der Waals surface area contributed by atoms with Gasteiger partial charge in [0.15, 0.2) is 4.32 Å². The van der Waals surface area contributed by atoms with Crippen LogP contribution in [0, 0.1) is 0 Å². The van der Waals surface area contributed by atoms with Crippen molar-refractivity contribution in [2.45, 2.75) is 6.92 Å². The molecule has 1 aliphatic rings. The number of thiocarbonyl (C=S) groups is 1. The second-order valence-electron chi connectivity index (χ2n) is 6.43. The first-order chi connectivity index (χ1) is 14.4. The quantitative estimate of drug-likeness (QED) is 0.389. The smallest absolute Gasteiger partial charge is 0.270 e. The highest BCUT2D eigenvalue weighted by Gasteiger charge is 2.33. The van der Waals surface area contributed by atoms with Crippen LogP contribution in [0.2, 0.25) is 5.02 Å². The largest absolute Gasteiger partial charge is 0.457 e. The Balaban J connectivity index is 1.56. The zero-order chi connectivity index (χ0) is 21.3. The fourth-order valence-electron chi connectivity index (χ4n) is 2.95. The lowest BCUT2D eigenvalue weighted by atomic mass is 10.2. The van der Waals surface area contributed by atoms with Crippen molar-refractivity contribution in [1.82, 2.24) is 0 Å². The number of hydrogen-bond donors (Lipinski definition) is 1. The predicted molar refractivity (Wildman–Crippen MR) is 126 cm³/mol. The number of halogens is 1. The Bertz CT molecular complexity index is 1190. The zero-order valence-electron chi connectivity index (χ0n) is 15.7. The number of nitrogens with zero attached hydrogens (tertiary/aromatic N) is 1. The van der Waals surface area contributed by atoms with Crippen LogP contribution in [0.15, 0.2) is 70.0 Å². The molecule has 2 amide bonds. The second kappa shape index (κ2) is 8.47. The summed E-state index contributed by atoms with van der Waals surface area (Å²) in [5, 5.41) is 3.28. The standard InChI is InChI=1S/C22H15ClN2O3S2/c1-13(26)24-14-6-8-15(9-7-14)25-21(27)20(30-22(25)29)12-16-10-11-19(28-16)17-4-2-3-5-18(17)23/h2-12H,1H3,(H,24,26)/b20-12+. The molecule has 1 N–H and O–H groups in total. The van der Waals surface area contributed by atoms with E-state index in [1.807, 2.05) is 24.3 Å². The maximum absolute atomic E-state index is 12.9. The van der Waals surface area contributed by atoms with Crippen LogP contribution >= 0.6 is 35.6 Å². The summed E-state index contributed by atoms with van der Waals surface area (Å²) in [7, 11) is 0. The third-order valence-electron chi connectivity index (χ3n) is 4.28. The number of carbonyl (C=O) groups is 2. The van der Waals surface area contributed by atoms with E-state index in [-0.39, 0.29) is 11.8 Å². The molecule has 4 rings (SSSR count). The molecule has 0 radical (unpaired) electrons. The molecular formula is C22H15ClN2O3S2. The molecule has 0 atom stereocenters. The van der Waals surface area contributed by atoms with Gasteiger partial charge in [0.25, 0.3) is 5.91 Å². The highest BCUT2D eigenvalue weighted by Crippen LogP contribution is 2.37. The average Bonchev–Trinajstić information content (AvgIpc) is 3.27. The molecule has 2 heterocycles. The summed E-state index contributed by atoms with van der Waals surface area (Å²) in [6.45, 7) is 1.44. The van der Waals surface area contributed by atoms with Crippen molar-refractivity contribution in [3.05, 3.63) is 76.4 Å². The van der Waals surface area contributed by atoms with Gasteiger partial charge in [0, 0.05) is 24.3 Å². The van der Waals surface area contributed by atoms with Gasteiger partial charge < -0.3 is 9.73 Å². The van der Waals surface area contributed by atoms with Gasteiger partial charge in [-0.2, -0.15) is 0 Å². The minimum Gasteiger partial charge on any atom is -0.457 e. The van der Waals surface area contributed by atoms with Crippen LogP contribution in [0.25, 0.3) is 17.4 Å². The molecule has 8 heteroatoms. The van der Waals surface area contributed by atoms with Crippen molar-refractivity contribution in [2.75, 3.05) is 10.2 Å². The molecule has 0 unspecified atom stereocenters. The average molecular weight is 455 g/mol. The number of hydrogen-bond acceptors (Lipinski definition) is 5. The fourth-order valence-corrected chi connectivity index (χ4v) is 4.46. The van der Waals surface area contributed by atoms with E-state index in [9.17, 15) is 9.59 Å². The van der Waals surface area contributed by atoms with Crippen LogP contribution < -0.4 is 10.2 Å². The number of amides is 2. The van der Waals surface area contributed by atoms with Crippen LogP contribution in [-0.2, 0) is 9.59 Å². The van der Waals surface area contributed by atoms with Crippen molar-refractivity contribution in [3.8, 4) is 11.3 Å². The van der Waals surface area contributed by atoms with E-state index in [4.69, 9.17) is 28.2 Å². The molecule has 1 saturated heterocycles. The minimum atomic E-state index is -0.229. The lowest BCUT2D eigenvalue weighted by molar-refractivity contribution is -0.114. The summed E-state index contributed by atoms with van der Waals surface area (Å²) < 4.78 is 6.29. The van der Waals surface area contributed by atoms with Crippen LogP contribution in [0.5, 0.6) is 0 Å². The van der Waals surface area contributed by atoms with Gasteiger partial charge in [0.05, 0.1) is 15.6 Å². The predicted octanol–water partition coefficient (Wildman–Crippen LogP) is 5.96. The molecule has 150 valence electrons. The molecule has 0 spiro atoms. The molecule has 0 bridgehead atoms. The van der Waals surface area contributed by atoms with Crippen LogP contribution in [-0.4, -0.2) is 16.1 Å². The van der Waals surface area contributed by atoms with Crippen LogP contribution in [0.1, 0.15) is 12.7 Å². The normalized spacial score (nSPS) is 15.1. The summed E-state index contributed by atoms with van der Waals surface area (Å²) >= 11 is 12.8. The van der Waals surface area contributed by atoms with Crippen LogP contribution in [0.4, 0.5) is 11.4 Å². The second-order valence-corrected chi connectivity index (χ2v) is 8.51. The monoisotopic (exact) mass is 454 g/mol. The number of nitrogens with one attached hydrogen (secondary N) is 1. The van der Waals surface area contributed by atoms with Gasteiger partial charge in [0.1, 0.15) is 11.5 Å². The van der Waals surface area contributed by atoms with E-state index < -0.39 is 0 Å². The Morgan fingerprint density at radius 3 is 2.57 bits per heavy atom. The summed E-state index contributed by atoms with van der Waals surface area (Å²) in [4.78, 5) is 26.0. The van der Waals surface area contributed by atoms with E-state index in [0.717, 1.165) is 5.56 Å². The Morgan fingerprint density at radius 1 is 1.13 bits per heavy atom. The van der Waals surface area contributed by atoms with E-state index in [0.29, 0.717) is 37.1 Å². The molecule has 1 fully saturated rings. The molecule has 0 aliphatic carbocycles. The molecule has 3 aromatic rings. The summed E-state index contributed by atoms with van der Waals surface area (Å²) in [6, 6.07) is 17.9. The Kier molecular flexibility index (Phi) is 5.76. The van der Waals surface area contributed by atoms with Gasteiger partial charge in [0.2, 0.25) is 5.91 Å². The first-order valence-corrected chi connectivity index (χ1v) is 10.5. The number of carbonyl (C=O) groups excluding carboxylic acids is 2. The topological polar surface area (TPSA) is 62.6 Å². The molecule has 1 aliphatic heterocycles. The summed E-state index contributed by atoms with van der Waals surface area (Å²) in [6.07, 6.45) is 1.67. The highest BCUT2D eigenvalue weighted by atomic mass is 35.5. The van der Waals surface area contributed by atoms with Crippen LogP contribution in [0.3, 0.4) is 0 Å². The summed E-state index contributed by atoms with van der Waals surface area (Å²) in [5.74, 6) is 0.765. The molecule has 5 nitrogen and oxygen atoms in total. The maximum atomic E-state index is 12.9. The third kappa shape index (κ3) is 4.18. The third-order valence-corrected chi connectivity index (χ3v) is 5.91. The van der Waals surface area contributed by atoms with Gasteiger partial charge >= 0.3 is 0 Å².